The summed E-state index contributed by atoms with van der Waals surface area (Å²) >= 11 is 0. The minimum atomic E-state index is -0.0757. The minimum Gasteiger partial charge on any atom is -0.382 e. The van der Waals surface area contributed by atoms with Gasteiger partial charge in [-0.25, -0.2) is 4.98 Å². The number of hydrogen-bond donors (Lipinski definition) is 1. The summed E-state index contributed by atoms with van der Waals surface area (Å²) in [5, 5.41) is 0. The van der Waals surface area contributed by atoms with Crippen LogP contribution in [-0.4, -0.2) is 34.4 Å². The number of nitrogens with one attached hydrogen (secondary N) is 1. The Hall–Kier alpha value is -1.66. The molecule has 0 unspecified atom stereocenters. The Labute approximate surface area is 104 Å². The Kier molecular flexibility index (Phi) is 2.89. The predicted octanol–water partition coefficient (Wildman–Crippen LogP) is 1.05. The van der Waals surface area contributed by atoms with E-state index in [1.54, 1.807) is 19.6 Å². The number of pyridine rings is 1. The van der Waals surface area contributed by atoms with Crippen LogP contribution in [0.2, 0.25) is 0 Å². The lowest BCUT2D eigenvalue weighted by atomic mass is 10.2. The van der Waals surface area contributed by atoms with Gasteiger partial charge in [0.1, 0.15) is 11.9 Å². The first-order valence-electron chi connectivity index (χ1n) is 5.98. The number of nitrogens with zero attached hydrogens (tertiary/aromatic N) is 2. The van der Waals surface area contributed by atoms with Crippen LogP contribution in [0.1, 0.15) is 19.1 Å². The standard InChI is InChI=1S/C12H15N3O3/c1-17-6-8-2-3-10(18-8)15-7-14-11-9(16)4-5-13-12(11)15/h4-5,7-8,10H,2-3,6H2,1H3,(H,13,16)/t8-,10+/m0/s1. The molecule has 1 fully saturated rings. The van der Waals surface area contributed by atoms with E-state index < -0.39 is 0 Å². The molecule has 3 heterocycles. The SMILES string of the molecule is COC[C@@H]1CC[C@H](n2cnc3c(=O)cc[nH]c32)O1. The van der Waals surface area contributed by atoms with E-state index in [4.69, 9.17) is 9.47 Å². The second-order valence-electron chi connectivity index (χ2n) is 4.44. The molecule has 0 spiro atoms. The highest BCUT2D eigenvalue weighted by molar-refractivity contribution is 5.70. The molecule has 3 rings (SSSR count). The van der Waals surface area contributed by atoms with Gasteiger partial charge in [-0.05, 0) is 12.8 Å². The van der Waals surface area contributed by atoms with Crippen molar-refractivity contribution in [2.24, 2.45) is 0 Å². The van der Waals surface area contributed by atoms with Crippen LogP contribution in [0, 0.1) is 0 Å². The Bertz CT molecular complexity index is 604. The zero-order valence-electron chi connectivity index (χ0n) is 10.1. The molecule has 0 radical (unpaired) electrons. The molecule has 0 bridgehead atoms. The van der Waals surface area contributed by atoms with Crippen molar-refractivity contribution < 1.29 is 9.47 Å². The van der Waals surface area contributed by atoms with Crippen molar-refractivity contribution in [1.29, 1.82) is 0 Å². The maximum absolute atomic E-state index is 11.6. The zero-order valence-corrected chi connectivity index (χ0v) is 10.1. The molecule has 0 saturated carbocycles. The third-order valence-corrected chi connectivity index (χ3v) is 3.23. The van der Waals surface area contributed by atoms with Crippen molar-refractivity contribution >= 4 is 11.2 Å². The maximum Gasteiger partial charge on any atom is 0.209 e. The summed E-state index contributed by atoms with van der Waals surface area (Å²) in [5.74, 6) is 0. The number of ether oxygens (including phenoxy) is 2. The molecule has 2 atom stereocenters. The summed E-state index contributed by atoms with van der Waals surface area (Å²) in [6, 6.07) is 1.48. The number of methoxy groups -OCH3 is 1. The molecule has 96 valence electrons. The first-order valence-corrected chi connectivity index (χ1v) is 5.98. The number of aromatic nitrogens is 3. The lowest BCUT2D eigenvalue weighted by molar-refractivity contribution is -0.0300. The molecule has 0 aliphatic carbocycles. The Morgan fingerprint density at radius 2 is 2.50 bits per heavy atom. The number of rotatable bonds is 3. The molecule has 1 aliphatic rings. The van der Waals surface area contributed by atoms with E-state index in [1.165, 1.54) is 6.07 Å². The highest BCUT2D eigenvalue weighted by Gasteiger charge is 2.27. The Balaban J connectivity index is 1.92. The van der Waals surface area contributed by atoms with E-state index >= 15 is 0 Å². The van der Waals surface area contributed by atoms with Crippen LogP contribution >= 0.6 is 0 Å². The van der Waals surface area contributed by atoms with Crippen LogP contribution in [0.15, 0.2) is 23.4 Å². The first-order chi connectivity index (χ1) is 8.79. The fraction of sp³-hybridized carbons (Fsp3) is 0.500. The molecule has 18 heavy (non-hydrogen) atoms. The van der Waals surface area contributed by atoms with E-state index in [-0.39, 0.29) is 17.8 Å². The number of fused-ring (bicyclic) bond motifs is 1. The maximum atomic E-state index is 11.6. The average molecular weight is 249 g/mol. The molecule has 1 aliphatic heterocycles. The largest absolute Gasteiger partial charge is 0.382 e. The van der Waals surface area contributed by atoms with Crippen LogP contribution in [0.3, 0.4) is 0 Å². The lowest BCUT2D eigenvalue weighted by Gasteiger charge is -2.14. The minimum absolute atomic E-state index is 0.0751. The summed E-state index contributed by atoms with van der Waals surface area (Å²) < 4.78 is 12.8. The summed E-state index contributed by atoms with van der Waals surface area (Å²) in [6.07, 6.45) is 5.18. The summed E-state index contributed by atoms with van der Waals surface area (Å²) in [4.78, 5) is 18.8. The Morgan fingerprint density at radius 3 is 3.33 bits per heavy atom. The molecule has 2 aromatic heterocycles. The third-order valence-electron chi connectivity index (χ3n) is 3.23. The molecule has 1 saturated heterocycles. The van der Waals surface area contributed by atoms with Gasteiger partial charge in [0, 0.05) is 19.4 Å². The second kappa shape index (κ2) is 4.55. The Morgan fingerprint density at radius 1 is 1.61 bits per heavy atom. The third kappa shape index (κ3) is 1.83. The van der Waals surface area contributed by atoms with E-state index in [9.17, 15) is 4.79 Å². The highest BCUT2D eigenvalue weighted by atomic mass is 16.5. The molecule has 2 aromatic rings. The lowest BCUT2D eigenvalue weighted by Crippen LogP contribution is -2.15. The smallest absolute Gasteiger partial charge is 0.209 e. The summed E-state index contributed by atoms with van der Waals surface area (Å²) in [7, 11) is 1.67. The summed E-state index contributed by atoms with van der Waals surface area (Å²) in [5.41, 5.74) is 1.09. The van der Waals surface area contributed by atoms with Crippen molar-refractivity contribution in [3.8, 4) is 0 Å². The van der Waals surface area contributed by atoms with Crippen molar-refractivity contribution in [2.45, 2.75) is 25.2 Å². The van der Waals surface area contributed by atoms with Gasteiger partial charge in [-0.3, -0.25) is 9.36 Å². The monoisotopic (exact) mass is 249 g/mol. The molecule has 1 N–H and O–H groups in total. The van der Waals surface area contributed by atoms with Gasteiger partial charge >= 0.3 is 0 Å². The molecular formula is C12H15N3O3. The zero-order chi connectivity index (χ0) is 12.5. The van der Waals surface area contributed by atoms with Crippen LogP contribution in [0.25, 0.3) is 11.2 Å². The molecular weight excluding hydrogens is 234 g/mol. The van der Waals surface area contributed by atoms with E-state index in [2.05, 4.69) is 9.97 Å². The van der Waals surface area contributed by atoms with Gasteiger partial charge in [0.05, 0.1) is 19.0 Å². The molecule has 6 heteroatoms. The van der Waals surface area contributed by atoms with Crippen molar-refractivity contribution in [3.63, 3.8) is 0 Å². The number of imidazole rings is 1. The normalized spacial score (nSPS) is 23.8. The molecule has 0 aromatic carbocycles. The van der Waals surface area contributed by atoms with Crippen LogP contribution in [0.4, 0.5) is 0 Å². The summed E-state index contributed by atoms with van der Waals surface area (Å²) in [6.45, 7) is 0.597. The fourth-order valence-electron chi connectivity index (χ4n) is 2.38. The van der Waals surface area contributed by atoms with Gasteiger partial charge in [-0.2, -0.15) is 0 Å². The van der Waals surface area contributed by atoms with E-state index in [0.29, 0.717) is 17.8 Å². The predicted molar refractivity (Wildman–Crippen MR) is 65.4 cm³/mol. The van der Waals surface area contributed by atoms with E-state index in [1.807, 2.05) is 4.57 Å². The first kappa shape index (κ1) is 11.4. The number of H-pyrrole nitrogens is 1. The van der Waals surface area contributed by atoms with Crippen LogP contribution in [-0.2, 0) is 9.47 Å². The van der Waals surface area contributed by atoms with Crippen molar-refractivity contribution in [1.82, 2.24) is 14.5 Å². The van der Waals surface area contributed by atoms with Gasteiger partial charge in [-0.15, -0.1) is 0 Å². The topological polar surface area (TPSA) is 69.1 Å². The van der Waals surface area contributed by atoms with Gasteiger partial charge in [-0.1, -0.05) is 0 Å². The van der Waals surface area contributed by atoms with Gasteiger partial charge < -0.3 is 14.5 Å². The number of hydrogen-bond acceptors (Lipinski definition) is 4. The van der Waals surface area contributed by atoms with E-state index in [0.717, 1.165) is 12.8 Å². The molecule has 0 amide bonds. The van der Waals surface area contributed by atoms with Crippen LogP contribution < -0.4 is 5.43 Å². The van der Waals surface area contributed by atoms with Crippen molar-refractivity contribution in [2.75, 3.05) is 13.7 Å². The highest BCUT2D eigenvalue weighted by Crippen LogP contribution is 2.29. The van der Waals surface area contributed by atoms with Gasteiger partial charge in [0.2, 0.25) is 5.43 Å². The number of aromatic amines is 1. The second-order valence-corrected chi connectivity index (χ2v) is 4.44. The van der Waals surface area contributed by atoms with Crippen LogP contribution in [0.5, 0.6) is 0 Å². The van der Waals surface area contributed by atoms with Gasteiger partial charge in [0.15, 0.2) is 5.52 Å². The van der Waals surface area contributed by atoms with Gasteiger partial charge in [0.25, 0.3) is 0 Å². The fourth-order valence-corrected chi connectivity index (χ4v) is 2.38. The van der Waals surface area contributed by atoms with Crippen molar-refractivity contribution in [3.05, 3.63) is 28.8 Å². The quantitative estimate of drug-likeness (QED) is 0.882. The molecule has 6 nitrogen and oxygen atoms in total. The average Bonchev–Trinajstić information content (AvgIpc) is 2.96.